The SMILES string of the molecule is N[C@@H]1CN(Cc2ccccc2)C[C@H]1C(F)(F)F. The molecule has 0 radical (unpaired) electrons. The van der Waals surface area contributed by atoms with E-state index in [4.69, 9.17) is 5.73 Å². The van der Waals surface area contributed by atoms with Gasteiger partial charge in [-0.2, -0.15) is 13.2 Å². The predicted molar refractivity (Wildman–Crippen MR) is 59.2 cm³/mol. The molecular weight excluding hydrogens is 229 g/mol. The number of alkyl halides is 3. The van der Waals surface area contributed by atoms with Gasteiger partial charge in [-0.3, -0.25) is 4.90 Å². The second-order valence-electron chi connectivity index (χ2n) is 4.49. The molecule has 1 aliphatic rings. The van der Waals surface area contributed by atoms with Crippen molar-refractivity contribution in [2.45, 2.75) is 18.8 Å². The Labute approximate surface area is 98.2 Å². The summed E-state index contributed by atoms with van der Waals surface area (Å²) in [6.07, 6.45) is -4.19. The molecule has 1 heterocycles. The molecule has 17 heavy (non-hydrogen) atoms. The van der Waals surface area contributed by atoms with Crippen molar-refractivity contribution in [3.63, 3.8) is 0 Å². The standard InChI is InChI=1S/C12H15F3N2/c13-12(14,15)10-7-17(8-11(10)16)6-9-4-2-1-3-5-9/h1-5,10-11H,6-8,16H2/t10-,11-/m1/s1. The third-order valence-electron chi connectivity index (χ3n) is 3.11. The van der Waals surface area contributed by atoms with E-state index in [2.05, 4.69) is 0 Å². The van der Waals surface area contributed by atoms with Crippen LogP contribution in [0.1, 0.15) is 5.56 Å². The second-order valence-corrected chi connectivity index (χ2v) is 4.49. The number of nitrogens with zero attached hydrogens (tertiary/aromatic N) is 1. The lowest BCUT2D eigenvalue weighted by Gasteiger charge is -2.18. The van der Waals surface area contributed by atoms with Gasteiger partial charge in [-0.25, -0.2) is 0 Å². The van der Waals surface area contributed by atoms with Gasteiger partial charge in [0.2, 0.25) is 0 Å². The van der Waals surface area contributed by atoms with Crippen LogP contribution in [0, 0.1) is 5.92 Å². The molecule has 0 aromatic heterocycles. The van der Waals surface area contributed by atoms with Crippen molar-refractivity contribution in [3.05, 3.63) is 35.9 Å². The fourth-order valence-electron chi connectivity index (χ4n) is 2.23. The average molecular weight is 244 g/mol. The van der Waals surface area contributed by atoms with E-state index in [1.807, 2.05) is 30.3 Å². The van der Waals surface area contributed by atoms with Crippen molar-refractivity contribution in [1.82, 2.24) is 4.90 Å². The fourth-order valence-corrected chi connectivity index (χ4v) is 2.23. The lowest BCUT2D eigenvalue weighted by Crippen LogP contribution is -2.38. The number of hydrogen-bond donors (Lipinski definition) is 1. The molecule has 0 unspecified atom stereocenters. The van der Waals surface area contributed by atoms with Gasteiger partial charge in [0.15, 0.2) is 0 Å². The smallest absolute Gasteiger partial charge is 0.326 e. The van der Waals surface area contributed by atoms with Crippen molar-refractivity contribution in [1.29, 1.82) is 0 Å². The van der Waals surface area contributed by atoms with E-state index in [-0.39, 0.29) is 6.54 Å². The van der Waals surface area contributed by atoms with Crippen LogP contribution in [0.2, 0.25) is 0 Å². The molecular formula is C12H15F3N2. The van der Waals surface area contributed by atoms with Gasteiger partial charge in [-0.05, 0) is 5.56 Å². The van der Waals surface area contributed by atoms with Crippen LogP contribution >= 0.6 is 0 Å². The number of halogens is 3. The zero-order chi connectivity index (χ0) is 12.5. The molecule has 0 saturated carbocycles. The number of likely N-dealkylation sites (tertiary alicyclic amines) is 1. The van der Waals surface area contributed by atoms with Gasteiger partial charge in [-0.1, -0.05) is 30.3 Å². The molecule has 0 aliphatic carbocycles. The normalized spacial score (nSPS) is 26.4. The summed E-state index contributed by atoms with van der Waals surface area (Å²) in [5.41, 5.74) is 6.56. The number of nitrogens with two attached hydrogens (primary N) is 1. The van der Waals surface area contributed by atoms with Gasteiger partial charge < -0.3 is 5.73 Å². The van der Waals surface area contributed by atoms with Crippen molar-refractivity contribution in [2.24, 2.45) is 11.7 Å². The highest BCUT2D eigenvalue weighted by Crippen LogP contribution is 2.33. The molecule has 5 heteroatoms. The maximum atomic E-state index is 12.6. The lowest BCUT2D eigenvalue weighted by atomic mass is 10.0. The van der Waals surface area contributed by atoms with Gasteiger partial charge in [0.25, 0.3) is 0 Å². The van der Waals surface area contributed by atoms with Gasteiger partial charge in [-0.15, -0.1) is 0 Å². The third-order valence-corrected chi connectivity index (χ3v) is 3.11. The maximum absolute atomic E-state index is 12.6. The van der Waals surface area contributed by atoms with Crippen molar-refractivity contribution < 1.29 is 13.2 Å². The van der Waals surface area contributed by atoms with Crippen LogP contribution in [-0.2, 0) is 6.54 Å². The third kappa shape index (κ3) is 2.98. The summed E-state index contributed by atoms with van der Waals surface area (Å²) < 4.78 is 37.8. The van der Waals surface area contributed by atoms with Gasteiger partial charge in [0.05, 0.1) is 5.92 Å². The van der Waals surface area contributed by atoms with E-state index in [1.165, 1.54) is 0 Å². The van der Waals surface area contributed by atoms with Crippen LogP contribution in [0.25, 0.3) is 0 Å². The van der Waals surface area contributed by atoms with Crippen LogP contribution in [-0.4, -0.2) is 30.2 Å². The first-order valence-corrected chi connectivity index (χ1v) is 5.55. The van der Waals surface area contributed by atoms with E-state index in [1.54, 1.807) is 4.90 Å². The monoisotopic (exact) mass is 244 g/mol. The summed E-state index contributed by atoms with van der Waals surface area (Å²) >= 11 is 0. The van der Waals surface area contributed by atoms with E-state index in [9.17, 15) is 13.2 Å². The van der Waals surface area contributed by atoms with Crippen molar-refractivity contribution >= 4 is 0 Å². The molecule has 0 spiro atoms. The predicted octanol–water partition coefficient (Wildman–Crippen LogP) is 2.01. The van der Waals surface area contributed by atoms with Crippen LogP contribution in [0.5, 0.6) is 0 Å². The molecule has 2 N–H and O–H groups in total. The Balaban J connectivity index is 1.98. The minimum atomic E-state index is -4.19. The Morgan fingerprint density at radius 2 is 1.82 bits per heavy atom. The van der Waals surface area contributed by atoms with Crippen molar-refractivity contribution in [3.8, 4) is 0 Å². The molecule has 2 atom stereocenters. The second kappa shape index (κ2) is 4.66. The van der Waals surface area contributed by atoms with Crippen LogP contribution < -0.4 is 5.73 Å². The van der Waals surface area contributed by atoms with Gasteiger partial charge >= 0.3 is 6.18 Å². The van der Waals surface area contributed by atoms with E-state index in [0.717, 1.165) is 5.56 Å². The fraction of sp³-hybridized carbons (Fsp3) is 0.500. The summed E-state index contributed by atoms with van der Waals surface area (Å²) in [7, 11) is 0. The van der Waals surface area contributed by atoms with E-state index >= 15 is 0 Å². The highest BCUT2D eigenvalue weighted by molar-refractivity contribution is 5.14. The number of benzene rings is 1. The molecule has 2 nitrogen and oxygen atoms in total. The molecule has 1 aliphatic heterocycles. The van der Waals surface area contributed by atoms with Crippen molar-refractivity contribution in [2.75, 3.05) is 13.1 Å². The van der Waals surface area contributed by atoms with Gasteiger partial charge in [0.1, 0.15) is 0 Å². The maximum Gasteiger partial charge on any atom is 0.394 e. The van der Waals surface area contributed by atoms with Crippen LogP contribution in [0.3, 0.4) is 0 Å². The summed E-state index contributed by atoms with van der Waals surface area (Å²) in [6, 6.07) is 8.66. The molecule has 2 rings (SSSR count). The Morgan fingerprint density at radius 1 is 1.18 bits per heavy atom. The molecule has 1 fully saturated rings. The Kier molecular flexibility index (Phi) is 3.40. The highest BCUT2D eigenvalue weighted by atomic mass is 19.4. The number of rotatable bonds is 2. The molecule has 0 bridgehead atoms. The highest BCUT2D eigenvalue weighted by Gasteiger charge is 2.48. The zero-order valence-electron chi connectivity index (χ0n) is 9.32. The first-order valence-electron chi connectivity index (χ1n) is 5.55. The molecule has 94 valence electrons. The Bertz CT molecular complexity index is 364. The van der Waals surface area contributed by atoms with Crippen LogP contribution in [0.4, 0.5) is 13.2 Å². The van der Waals surface area contributed by atoms with E-state index < -0.39 is 18.1 Å². The van der Waals surface area contributed by atoms with E-state index in [0.29, 0.717) is 13.1 Å². The first kappa shape index (κ1) is 12.4. The zero-order valence-corrected chi connectivity index (χ0v) is 9.32. The molecule has 1 aromatic carbocycles. The Hall–Kier alpha value is -1.07. The summed E-state index contributed by atoms with van der Waals surface area (Å²) in [5, 5.41) is 0. The molecule has 1 saturated heterocycles. The Morgan fingerprint density at radius 3 is 2.35 bits per heavy atom. The molecule has 0 amide bonds. The summed E-state index contributed by atoms with van der Waals surface area (Å²) in [4.78, 5) is 1.76. The quantitative estimate of drug-likeness (QED) is 0.862. The lowest BCUT2D eigenvalue weighted by molar-refractivity contribution is -0.173. The minimum Gasteiger partial charge on any atom is -0.326 e. The molecule has 1 aromatic rings. The first-order chi connectivity index (χ1) is 7.97. The summed E-state index contributed by atoms with van der Waals surface area (Å²) in [6.45, 7) is 0.833. The number of hydrogen-bond acceptors (Lipinski definition) is 2. The topological polar surface area (TPSA) is 29.3 Å². The largest absolute Gasteiger partial charge is 0.394 e. The minimum absolute atomic E-state index is 0.000436. The average Bonchev–Trinajstić information content (AvgIpc) is 2.60. The van der Waals surface area contributed by atoms with Gasteiger partial charge in [0, 0.05) is 25.7 Å². The van der Waals surface area contributed by atoms with Crippen LogP contribution in [0.15, 0.2) is 30.3 Å². The summed E-state index contributed by atoms with van der Waals surface area (Å²) in [5.74, 6) is -1.40.